The first-order valence-electron chi connectivity index (χ1n) is 5.93. The third kappa shape index (κ3) is 3.01. The van der Waals surface area contributed by atoms with Gasteiger partial charge >= 0.3 is 0 Å². The minimum Gasteiger partial charge on any atom is -0.452 e. The zero-order valence-corrected chi connectivity index (χ0v) is 11.9. The third-order valence-electron chi connectivity index (χ3n) is 2.89. The summed E-state index contributed by atoms with van der Waals surface area (Å²) in [7, 11) is 3.45. The Hall–Kier alpha value is -1.01. The lowest BCUT2D eigenvalue weighted by atomic mass is 10.1. The highest BCUT2D eigenvalue weighted by Gasteiger charge is 2.22. The molecule has 0 fully saturated rings. The second kappa shape index (κ2) is 4.70. The Morgan fingerprint density at radius 2 is 1.76 bits per heavy atom. The standard InChI is InChI=1S/C14H20N2P/c1-14(2,3)16-10-13(15(4)11-16)17-12-8-6-5-7-9-12/h5-10H,11H2,1-4H3/q-1. The molecule has 0 bridgehead atoms. The second-order valence-corrected chi connectivity index (χ2v) is 6.61. The molecule has 0 amide bonds. The van der Waals surface area contributed by atoms with Crippen LogP contribution in [-0.4, -0.2) is 29.1 Å². The van der Waals surface area contributed by atoms with E-state index in [9.17, 15) is 0 Å². The van der Waals surface area contributed by atoms with Crippen molar-refractivity contribution in [2.45, 2.75) is 26.3 Å². The summed E-state index contributed by atoms with van der Waals surface area (Å²) in [6.45, 7) is 7.73. The van der Waals surface area contributed by atoms with E-state index in [0.29, 0.717) is 0 Å². The Labute approximate surface area is 106 Å². The molecule has 1 heterocycles. The highest BCUT2D eigenvalue weighted by Crippen LogP contribution is 2.33. The Morgan fingerprint density at radius 1 is 1.12 bits per heavy atom. The number of hydrogen-bond donors (Lipinski definition) is 0. The van der Waals surface area contributed by atoms with E-state index in [1.807, 2.05) is 0 Å². The van der Waals surface area contributed by atoms with Crippen LogP contribution in [0, 0.1) is 0 Å². The van der Waals surface area contributed by atoms with Crippen LogP contribution in [0.15, 0.2) is 42.0 Å². The maximum atomic E-state index is 2.39. The predicted octanol–water partition coefficient (Wildman–Crippen LogP) is 3.06. The van der Waals surface area contributed by atoms with E-state index < -0.39 is 0 Å². The molecular weight excluding hydrogens is 227 g/mol. The Balaban J connectivity index is 2.11. The lowest BCUT2D eigenvalue weighted by Crippen LogP contribution is -2.38. The van der Waals surface area contributed by atoms with Crippen molar-refractivity contribution in [3.8, 4) is 0 Å². The largest absolute Gasteiger partial charge is 0.452 e. The van der Waals surface area contributed by atoms with Gasteiger partial charge in [-0.2, -0.15) is 5.30 Å². The molecule has 1 aromatic rings. The molecule has 2 nitrogen and oxygen atoms in total. The fourth-order valence-corrected chi connectivity index (χ4v) is 2.75. The molecule has 17 heavy (non-hydrogen) atoms. The molecule has 0 atom stereocenters. The molecule has 2 rings (SSSR count). The normalized spacial score (nSPS) is 17.1. The SMILES string of the molecule is CN1CN(C(C)(C)C)C=C1[P-]c1ccccc1. The lowest BCUT2D eigenvalue weighted by molar-refractivity contribution is 0.173. The first-order chi connectivity index (χ1) is 7.97. The molecule has 3 heteroatoms. The van der Waals surface area contributed by atoms with Crippen LogP contribution in [0.25, 0.3) is 0 Å². The smallest absolute Gasteiger partial charge is 0.0874 e. The Kier molecular flexibility index (Phi) is 3.44. The maximum absolute atomic E-state index is 2.39. The van der Waals surface area contributed by atoms with Crippen LogP contribution in [0.3, 0.4) is 0 Å². The maximum Gasteiger partial charge on any atom is 0.0874 e. The zero-order valence-electron chi connectivity index (χ0n) is 11.0. The molecule has 1 aromatic carbocycles. The summed E-state index contributed by atoms with van der Waals surface area (Å²) in [5.41, 5.74) is 1.56. The predicted molar refractivity (Wildman–Crippen MR) is 75.3 cm³/mol. The number of rotatable bonds is 2. The second-order valence-electron chi connectivity index (χ2n) is 5.41. The monoisotopic (exact) mass is 247 g/mol. The van der Waals surface area contributed by atoms with E-state index >= 15 is 0 Å². The van der Waals surface area contributed by atoms with Gasteiger partial charge in [-0.15, -0.1) is 5.44 Å². The van der Waals surface area contributed by atoms with Crippen molar-refractivity contribution in [3.05, 3.63) is 42.0 Å². The van der Waals surface area contributed by atoms with Gasteiger partial charge in [0.25, 0.3) is 0 Å². The van der Waals surface area contributed by atoms with Crippen molar-refractivity contribution in [1.82, 2.24) is 9.80 Å². The minimum absolute atomic E-state index is 0.197. The molecule has 0 spiro atoms. The van der Waals surface area contributed by atoms with Gasteiger partial charge in [-0.3, -0.25) is 0 Å². The van der Waals surface area contributed by atoms with Crippen LogP contribution in [0.4, 0.5) is 0 Å². The van der Waals surface area contributed by atoms with Gasteiger partial charge in [0.2, 0.25) is 0 Å². The van der Waals surface area contributed by atoms with Gasteiger partial charge in [0.05, 0.1) is 6.67 Å². The molecule has 92 valence electrons. The quantitative estimate of drug-likeness (QED) is 0.741. The van der Waals surface area contributed by atoms with Gasteiger partial charge < -0.3 is 18.4 Å². The molecule has 1 aliphatic heterocycles. The molecule has 0 N–H and O–H groups in total. The minimum atomic E-state index is 0.197. The van der Waals surface area contributed by atoms with Crippen molar-refractivity contribution in [1.29, 1.82) is 0 Å². The van der Waals surface area contributed by atoms with Crippen molar-refractivity contribution in [2.24, 2.45) is 0 Å². The number of hydrogen-bond acceptors (Lipinski definition) is 2. The van der Waals surface area contributed by atoms with Gasteiger partial charge in [-0.05, 0) is 27.0 Å². The molecule has 0 aliphatic carbocycles. The summed E-state index contributed by atoms with van der Waals surface area (Å²) >= 11 is 0. The van der Waals surface area contributed by atoms with Gasteiger partial charge in [-0.25, -0.2) is 0 Å². The van der Waals surface area contributed by atoms with Crippen LogP contribution in [0.2, 0.25) is 0 Å². The summed E-state index contributed by atoms with van der Waals surface area (Å²) in [4.78, 5) is 4.71. The summed E-state index contributed by atoms with van der Waals surface area (Å²) in [6, 6.07) is 10.6. The van der Waals surface area contributed by atoms with Gasteiger partial charge in [-0.1, -0.05) is 30.3 Å². The van der Waals surface area contributed by atoms with Crippen LogP contribution in [0.1, 0.15) is 20.8 Å². The van der Waals surface area contributed by atoms with Gasteiger partial charge in [0.1, 0.15) is 0 Å². The molecule has 0 saturated carbocycles. The third-order valence-corrected chi connectivity index (χ3v) is 4.13. The van der Waals surface area contributed by atoms with E-state index in [2.05, 4.69) is 74.2 Å². The molecule has 0 radical (unpaired) electrons. The molecule has 0 aromatic heterocycles. The molecule has 1 aliphatic rings. The van der Waals surface area contributed by atoms with E-state index in [-0.39, 0.29) is 5.54 Å². The van der Waals surface area contributed by atoms with E-state index in [0.717, 1.165) is 6.67 Å². The summed E-state index contributed by atoms with van der Waals surface area (Å²) in [5.74, 6) is 0. The zero-order chi connectivity index (χ0) is 12.5. The van der Waals surface area contributed by atoms with E-state index in [1.165, 1.54) is 19.3 Å². The van der Waals surface area contributed by atoms with E-state index in [1.54, 1.807) is 0 Å². The van der Waals surface area contributed by atoms with Crippen LogP contribution < -0.4 is 5.30 Å². The van der Waals surface area contributed by atoms with Crippen LogP contribution >= 0.6 is 8.58 Å². The van der Waals surface area contributed by atoms with E-state index in [4.69, 9.17) is 0 Å². The average molecular weight is 247 g/mol. The van der Waals surface area contributed by atoms with Crippen LogP contribution in [0.5, 0.6) is 0 Å². The first-order valence-corrected chi connectivity index (χ1v) is 6.83. The van der Waals surface area contributed by atoms with Crippen molar-refractivity contribution in [3.63, 3.8) is 0 Å². The van der Waals surface area contributed by atoms with Crippen molar-refractivity contribution < 1.29 is 0 Å². The fourth-order valence-electron chi connectivity index (χ4n) is 1.73. The van der Waals surface area contributed by atoms with Crippen molar-refractivity contribution >= 4 is 13.9 Å². The lowest BCUT2D eigenvalue weighted by Gasteiger charge is -2.33. The molecular formula is C14H20N2P-. The Morgan fingerprint density at radius 3 is 2.29 bits per heavy atom. The fraction of sp³-hybridized carbons (Fsp3) is 0.429. The highest BCUT2D eigenvalue weighted by molar-refractivity contribution is 7.51. The topological polar surface area (TPSA) is 6.48 Å². The summed E-state index contributed by atoms with van der Waals surface area (Å²) < 4.78 is 0. The first kappa shape index (κ1) is 12.4. The van der Waals surface area contributed by atoms with Gasteiger partial charge in [0.15, 0.2) is 0 Å². The number of nitrogens with zero attached hydrogens (tertiary/aromatic N) is 2. The van der Waals surface area contributed by atoms with Crippen LogP contribution in [-0.2, 0) is 0 Å². The number of benzene rings is 1. The molecule has 0 unspecified atom stereocenters. The highest BCUT2D eigenvalue weighted by atomic mass is 31.1. The van der Waals surface area contributed by atoms with Gasteiger partial charge in [0, 0.05) is 12.6 Å². The summed E-state index contributed by atoms with van der Waals surface area (Å²) in [5, 5.41) is 1.35. The molecule has 0 saturated heterocycles. The average Bonchev–Trinajstić information content (AvgIpc) is 2.62. The van der Waals surface area contributed by atoms with Crippen molar-refractivity contribution in [2.75, 3.05) is 13.7 Å². The summed E-state index contributed by atoms with van der Waals surface area (Å²) in [6.07, 6.45) is 2.29. The Bertz CT molecular complexity index is 406.